The van der Waals surface area contributed by atoms with Crippen LogP contribution >= 0.6 is 0 Å². The zero-order valence-electron chi connectivity index (χ0n) is 13.9. The molecule has 2 atom stereocenters. The molecule has 3 rings (SSSR count). The van der Waals surface area contributed by atoms with Gasteiger partial charge in [0.1, 0.15) is 24.5 Å². The highest BCUT2D eigenvalue weighted by atomic mass is 16.5. The van der Waals surface area contributed by atoms with E-state index in [1.54, 1.807) is 29.2 Å². The molecule has 1 aromatic carbocycles. The lowest BCUT2D eigenvalue weighted by molar-refractivity contribution is -0.129. The van der Waals surface area contributed by atoms with E-state index in [9.17, 15) is 14.7 Å². The van der Waals surface area contributed by atoms with E-state index in [1.165, 1.54) is 0 Å². The lowest BCUT2D eigenvalue weighted by Gasteiger charge is -2.26. The van der Waals surface area contributed by atoms with E-state index in [0.717, 1.165) is 23.3 Å². The predicted molar refractivity (Wildman–Crippen MR) is 88.7 cm³/mol. The third-order valence-corrected chi connectivity index (χ3v) is 4.57. The summed E-state index contributed by atoms with van der Waals surface area (Å²) in [5, 5.41) is 18.8. The van der Waals surface area contributed by atoms with Gasteiger partial charge < -0.3 is 14.7 Å². The Morgan fingerprint density at radius 2 is 2.04 bits per heavy atom. The van der Waals surface area contributed by atoms with Gasteiger partial charge >= 0.3 is 6.03 Å². The monoisotopic (exact) mass is 343 g/mol. The second-order valence-electron chi connectivity index (χ2n) is 6.38. The van der Waals surface area contributed by atoms with Crippen LogP contribution in [0.2, 0.25) is 0 Å². The van der Waals surface area contributed by atoms with Gasteiger partial charge in [-0.05, 0) is 37.0 Å². The van der Waals surface area contributed by atoms with Gasteiger partial charge in [-0.1, -0.05) is 12.1 Å². The van der Waals surface area contributed by atoms with Gasteiger partial charge in [0.05, 0.1) is 19.0 Å². The van der Waals surface area contributed by atoms with Crippen LogP contribution in [0.25, 0.3) is 0 Å². The second-order valence-corrected chi connectivity index (χ2v) is 6.38. The fraction of sp³-hybridized carbons (Fsp3) is 0.500. The van der Waals surface area contributed by atoms with E-state index in [0.29, 0.717) is 25.1 Å². The Morgan fingerprint density at radius 3 is 2.72 bits per heavy atom. The van der Waals surface area contributed by atoms with Crippen molar-refractivity contribution in [1.29, 1.82) is 5.26 Å². The number of rotatable bonds is 6. The molecule has 0 saturated carbocycles. The topological polar surface area (TPSA) is 93.9 Å². The normalized spacial score (nSPS) is 21.0. The van der Waals surface area contributed by atoms with Crippen molar-refractivity contribution >= 4 is 11.9 Å². The molecule has 0 unspecified atom stereocenters. The molecular formula is C18H21N3O4. The van der Waals surface area contributed by atoms with Crippen LogP contribution in [0, 0.1) is 11.3 Å². The number of hydrogen-bond donors (Lipinski definition) is 1. The van der Waals surface area contributed by atoms with Crippen LogP contribution < -0.4 is 4.74 Å². The number of carbonyl (C=O) groups is 2. The minimum absolute atomic E-state index is 0.0146. The minimum atomic E-state index is -0.951. The third-order valence-electron chi connectivity index (χ3n) is 4.57. The van der Waals surface area contributed by atoms with Crippen molar-refractivity contribution in [2.24, 2.45) is 0 Å². The van der Waals surface area contributed by atoms with Crippen LogP contribution in [-0.4, -0.2) is 58.7 Å². The maximum atomic E-state index is 12.3. The van der Waals surface area contributed by atoms with Gasteiger partial charge in [0.15, 0.2) is 0 Å². The Balaban J connectivity index is 1.52. The second kappa shape index (κ2) is 7.53. The minimum Gasteiger partial charge on any atom is -0.491 e. The Labute approximate surface area is 146 Å². The van der Waals surface area contributed by atoms with E-state index in [2.05, 4.69) is 6.07 Å². The van der Waals surface area contributed by atoms with Crippen LogP contribution in [0.1, 0.15) is 24.8 Å². The largest absolute Gasteiger partial charge is 0.491 e. The summed E-state index contributed by atoms with van der Waals surface area (Å²) in [7, 11) is 0. The van der Waals surface area contributed by atoms with Crippen LogP contribution in [0.15, 0.2) is 24.3 Å². The Morgan fingerprint density at radius 1 is 1.28 bits per heavy atom. The number of aliphatic hydroxyl groups excluding tert-OH is 1. The van der Waals surface area contributed by atoms with E-state index in [1.807, 2.05) is 0 Å². The summed E-state index contributed by atoms with van der Waals surface area (Å²) in [6.07, 6.45) is 1.94. The number of fused-ring (bicyclic) bond motifs is 1. The van der Waals surface area contributed by atoms with Gasteiger partial charge in [-0.3, -0.25) is 9.69 Å². The predicted octanol–water partition coefficient (Wildman–Crippen LogP) is 1.31. The number of ether oxygens (including phenoxy) is 1. The number of aliphatic hydroxyl groups is 1. The molecule has 3 amide bonds. The van der Waals surface area contributed by atoms with Gasteiger partial charge in [0, 0.05) is 6.54 Å². The number of urea groups is 1. The summed E-state index contributed by atoms with van der Waals surface area (Å²) in [6.45, 7) is 0.532. The van der Waals surface area contributed by atoms with Crippen molar-refractivity contribution in [1.82, 2.24) is 9.80 Å². The smallest absolute Gasteiger partial charge is 0.327 e. The number of benzene rings is 1. The molecule has 0 radical (unpaired) electrons. The summed E-state index contributed by atoms with van der Waals surface area (Å²) in [5.74, 6) is 0.349. The van der Waals surface area contributed by atoms with Crippen LogP contribution in [0.4, 0.5) is 4.79 Å². The van der Waals surface area contributed by atoms with Gasteiger partial charge in [0.2, 0.25) is 0 Å². The quantitative estimate of drug-likeness (QED) is 0.786. The maximum absolute atomic E-state index is 12.3. The Hall–Kier alpha value is -2.59. The number of nitrogens with zero attached hydrogens (tertiary/aromatic N) is 3. The van der Waals surface area contributed by atoms with Crippen molar-refractivity contribution in [2.75, 3.05) is 19.7 Å². The first-order chi connectivity index (χ1) is 12.1. The summed E-state index contributed by atoms with van der Waals surface area (Å²) in [4.78, 5) is 27.4. The molecule has 2 aliphatic rings. The molecule has 0 aliphatic carbocycles. The number of carbonyl (C=O) groups excluding carboxylic acids is 2. The molecule has 1 aromatic rings. The van der Waals surface area contributed by atoms with Gasteiger partial charge in [-0.15, -0.1) is 0 Å². The first kappa shape index (κ1) is 17.2. The molecule has 2 saturated heterocycles. The fourth-order valence-electron chi connectivity index (χ4n) is 3.27. The van der Waals surface area contributed by atoms with E-state index in [4.69, 9.17) is 10.00 Å². The van der Waals surface area contributed by atoms with Gasteiger partial charge in [0.25, 0.3) is 5.91 Å². The first-order valence-electron chi connectivity index (χ1n) is 8.49. The molecular weight excluding hydrogens is 322 g/mol. The number of piperidine rings is 1. The molecule has 7 heteroatoms. The number of β-amino-alcohol motifs (C(OH)–C–C–N with tert-alkyl or cyclic N) is 1. The molecule has 2 heterocycles. The average molecular weight is 343 g/mol. The lowest BCUT2D eigenvalue weighted by Crippen LogP contribution is -2.40. The van der Waals surface area contributed by atoms with Crippen molar-refractivity contribution in [3.8, 4) is 11.8 Å². The molecule has 7 nitrogen and oxygen atoms in total. The number of amides is 3. The zero-order valence-corrected chi connectivity index (χ0v) is 13.9. The standard InChI is InChI=1S/C18H21N3O4/c19-9-8-13-4-6-15(7-5-13)25-12-14(22)11-21-17(23)16-3-1-2-10-20(16)18(21)24/h4-7,14,16,22H,1-3,8,10-12H2/t14-,16+/m1/s1. The van der Waals surface area contributed by atoms with Crippen LogP contribution in [-0.2, 0) is 11.2 Å². The molecule has 0 spiro atoms. The lowest BCUT2D eigenvalue weighted by atomic mass is 10.0. The number of hydrogen-bond acceptors (Lipinski definition) is 5. The van der Waals surface area contributed by atoms with Crippen molar-refractivity contribution < 1.29 is 19.4 Å². The zero-order chi connectivity index (χ0) is 17.8. The number of nitriles is 1. The summed E-state index contributed by atoms with van der Waals surface area (Å²) in [5.41, 5.74) is 0.889. The summed E-state index contributed by atoms with van der Waals surface area (Å²) in [6, 6.07) is 8.43. The van der Waals surface area contributed by atoms with Crippen molar-refractivity contribution in [3.05, 3.63) is 29.8 Å². The maximum Gasteiger partial charge on any atom is 0.327 e. The molecule has 25 heavy (non-hydrogen) atoms. The molecule has 0 bridgehead atoms. The third kappa shape index (κ3) is 3.74. The molecule has 2 aliphatic heterocycles. The first-order valence-corrected chi connectivity index (χ1v) is 8.49. The fourth-order valence-corrected chi connectivity index (χ4v) is 3.27. The summed E-state index contributed by atoms with van der Waals surface area (Å²) < 4.78 is 5.50. The highest BCUT2D eigenvalue weighted by Gasteiger charge is 2.46. The average Bonchev–Trinajstić information content (AvgIpc) is 2.87. The van der Waals surface area contributed by atoms with Gasteiger partial charge in [-0.2, -0.15) is 5.26 Å². The molecule has 2 fully saturated rings. The summed E-state index contributed by atoms with van der Waals surface area (Å²) >= 11 is 0. The van der Waals surface area contributed by atoms with Gasteiger partial charge in [-0.25, -0.2) is 4.79 Å². The molecule has 0 aromatic heterocycles. The molecule has 1 N–H and O–H groups in total. The van der Waals surface area contributed by atoms with Crippen molar-refractivity contribution in [3.63, 3.8) is 0 Å². The van der Waals surface area contributed by atoms with E-state index >= 15 is 0 Å². The Bertz CT molecular complexity index is 659. The van der Waals surface area contributed by atoms with E-state index in [-0.39, 0.29) is 31.1 Å². The van der Waals surface area contributed by atoms with E-state index < -0.39 is 6.10 Å². The Kier molecular flexibility index (Phi) is 5.19. The molecule has 132 valence electrons. The van der Waals surface area contributed by atoms with Crippen molar-refractivity contribution in [2.45, 2.75) is 37.8 Å². The van der Waals surface area contributed by atoms with Crippen LogP contribution in [0.5, 0.6) is 5.75 Å². The SMILES string of the molecule is N#CCc1ccc(OC[C@H](O)CN2C(=O)[C@@H]3CCCCN3C2=O)cc1. The number of imide groups is 1. The highest BCUT2D eigenvalue weighted by Crippen LogP contribution is 2.26. The van der Waals surface area contributed by atoms with Crippen LogP contribution in [0.3, 0.4) is 0 Å². The highest BCUT2D eigenvalue weighted by molar-refractivity contribution is 6.04.